The molecule has 5 nitrogen and oxygen atoms in total. The van der Waals surface area contributed by atoms with Crippen LogP contribution in [0.5, 0.6) is 0 Å². The van der Waals surface area contributed by atoms with Crippen molar-refractivity contribution in [1.82, 2.24) is 9.55 Å². The molecule has 1 aromatic carbocycles. The summed E-state index contributed by atoms with van der Waals surface area (Å²) < 4.78 is 1.17. The highest BCUT2D eigenvalue weighted by Crippen LogP contribution is 2.11. The average molecular weight is 232 g/mol. The molecule has 88 valence electrons. The Morgan fingerprint density at radius 2 is 2.18 bits per heavy atom. The van der Waals surface area contributed by atoms with Crippen molar-refractivity contribution in [2.24, 2.45) is 0 Å². The maximum atomic E-state index is 12.1. The van der Waals surface area contributed by atoms with Crippen LogP contribution in [0.2, 0.25) is 0 Å². The van der Waals surface area contributed by atoms with Gasteiger partial charge in [-0.25, -0.2) is 9.78 Å². The number of nitrogens with zero attached hydrogens (tertiary/aromatic N) is 2. The van der Waals surface area contributed by atoms with Crippen molar-refractivity contribution in [1.29, 1.82) is 0 Å². The van der Waals surface area contributed by atoms with Crippen LogP contribution in [0.15, 0.2) is 35.4 Å². The molecule has 1 atom stereocenters. The molecule has 0 aliphatic rings. The first-order valence-corrected chi connectivity index (χ1v) is 5.34. The fraction of sp³-hybridized carbons (Fsp3) is 0.250. The van der Waals surface area contributed by atoms with E-state index < -0.39 is 12.0 Å². The van der Waals surface area contributed by atoms with Gasteiger partial charge in [0.1, 0.15) is 6.04 Å². The highest BCUT2D eigenvalue weighted by Gasteiger charge is 2.19. The predicted octanol–water partition coefficient (Wildman–Crippen LogP) is 1.43. The molecule has 0 radical (unpaired) electrons. The second-order valence-corrected chi connectivity index (χ2v) is 3.74. The van der Waals surface area contributed by atoms with E-state index >= 15 is 0 Å². The van der Waals surface area contributed by atoms with Gasteiger partial charge in [-0.2, -0.15) is 0 Å². The number of carbonyl (C=O) groups is 1. The Morgan fingerprint density at radius 3 is 2.82 bits per heavy atom. The summed E-state index contributed by atoms with van der Waals surface area (Å²) in [6, 6.07) is 6.03. The van der Waals surface area contributed by atoms with Gasteiger partial charge in [-0.3, -0.25) is 9.36 Å². The van der Waals surface area contributed by atoms with Gasteiger partial charge >= 0.3 is 5.97 Å². The van der Waals surface area contributed by atoms with Crippen LogP contribution in [0, 0.1) is 0 Å². The molecule has 0 spiro atoms. The van der Waals surface area contributed by atoms with Crippen LogP contribution in [0.25, 0.3) is 10.9 Å². The zero-order chi connectivity index (χ0) is 12.4. The summed E-state index contributed by atoms with van der Waals surface area (Å²) in [5.41, 5.74) is 0.263. The standard InChI is InChI=1S/C12H12N2O3/c1-2-10(12(16)17)14-7-13-9-6-4-3-5-8(9)11(14)15/h3-7,10H,2H2,1H3,(H,16,17)/t10-/m0/s1. The lowest BCUT2D eigenvalue weighted by Crippen LogP contribution is -2.29. The number of benzene rings is 1. The molecule has 0 aliphatic heterocycles. The van der Waals surface area contributed by atoms with Gasteiger partial charge < -0.3 is 5.11 Å². The maximum Gasteiger partial charge on any atom is 0.326 e. The first-order valence-electron chi connectivity index (χ1n) is 5.34. The molecular formula is C12H12N2O3. The van der Waals surface area contributed by atoms with Crippen molar-refractivity contribution in [3.63, 3.8) is 0 Å². The zero-order valence-electron chi connectivity index (χ0n) is 9.33. The number of rotatable bonds is 3. The quantitative estimate of drug-likeness (QED) is 0.868. The summed E-state index contributed by atoms with van der Waals surface area (Å²) in [5.74, 6) is -1.02. The Morgan fingerprint density at radius 1 is 1.47 bits per heavy atom. The summed E-state index contributed by atoms with van der Waals surface area (Å²) in [6.45, 7) is 1.72. The summed E-state index contributed by atoms with van der Waals surface area (Å²) in [7, 11) is 0. The summed E-state index contributed by atoms with van der Waals surface area (Å²) in [4.78, 5) is 27.2. The molecule has 0 amide bonds. The van der Waals surface area contributed by atoms with Crippen LogP contribution in [-0.4, -0.2) is 20.6 Å². The number of para-hydroxylation sites is 1. The smallest absolute Gasteiger partial charge is 0.326 e. The van der Waals surface area contributed by atoms with Crippen molar-refractivity contribution in [2.75, 3.05) is 0 Å². The van der Waals surface area contributed by atoms with E-state index in [0.717, 1.165) is 0 Å². The molecule has 2 rings (SSSR count). The number of aliphatic carboxylic acids is 1. The molecule has 5 heteroatoms. The van der Waals surface area contributed by atoms with E-state index in [4.69, 9.17) is 5.11 Å². The third kappa shape index (κ3) is 1.91. The zero-order valence-corrected chi connectivity index (χ0v) is 9.33. The maximum absolute atomic E-state index is 12.1. The predicted molar refractivity (Wildman–Crippen MR) is 63.0 cm³/mol. The largest absolute Gasteiger partial charge is 0.480 e. The Balaban J connectivity index is 2.68. The van der Waals surface area contributed by atoms with Crippen LogP contribution >= 0.6 is 0 Å². The first kappa shape index (κ1) is 11.3. The molecule has 2 aromatic rings. The fourth-order valence-corrected chi connectivity index (χ4v) is 1.80. The van der Waals surface area contributed by atoms with E-state index in [2.05, 4.69) is 4.98 Å². The lowest BCUT2D eigenvalue weighted by atomic mass is 10.2. The molecule has 1 N–H and O–H groups in total. The number of carboxylic acids is 1. The Hall–Kier alpha value is -2.17. The van der Waals surface area contributed by atoms with Crippen LogP contribution in [0.1, 0.15) is 19.4 Å². The SMILES string of the molecule is CC[C@@H](C(=O)O)n1cnc2ccccc2c1=O. The number of hydrogen-bond acceptors (Lipinski definition) is 3. The van der Waals surface area contributed by atoms with E-state index in [-0.39, 0.29) is 5.56 Å². The van der Waals surface area contributed by atoms with Gasteiger partial charge in [-0.05, 0) is 18.6 Å². The summed E-state index contributed by atoms with van der Waals surface area (Å²) in [5, 5.41) is 9.48. The lowest BCUT2D eigenvalue weighted by molar-refractivity contribution is -0.141. The van der Waals surface area contributed by atoms with E-state index in [9.17, 15) is 9.59 Å². The molecular weight excluding hydrogens is 220 g/mol. The van der Waals surface area contributed by atoms with Gasteiger partial charge in [-0.1, -0.05) is 19.1 Å². The van der Waals surface area contributed by atoms with Crippen molar-refractivity contribution < 1.29 is 9.90 Å². The second-order valence-electron chi connectivity index (χ2n) is 3.74. The van der Waals surface area contributed by atoms with Crippen LogP contribution in [0.4, 0.5) is 0 Å². The van der Waals surface area contributed by atoms with Crippen molar-refractivity contribution in [2.45, 2.75) is 19.4 Å². The molecule has 0 saturated heterocycles. The third-order valence-corrected chi connectivity index (χ3v) is 2.70. The molecule has 17 heavy (non-hydrogen) atoms. The topological polar surface area (TPSA) is 72.2 Å². The monoisotopic (exact) mass is 232 g/mol. The van der Waals surface area contributed by atoms with E-state index in [1.54, 1.807) is 31.2 Å². The van der Waals surface area contributed by atoms with Gasteiger partial charge in [0, 0.05) is 0 Å². The van der Waals surface area contributed by atoms with Gasteiger partial charge in [0.2, 0.25) is 0 Å². The Kier molecular flexibility index (Phi) is 2.91. The molecule has 1 heterocycles. The normalized spacial score (nSPS) is 12.5. The Bertz CT molecular complexity index is 618. The van der Waals surface area contributed by atoms with Gasteiger partial charge in [0.15, 0.2) is 0 Å². The van der Waals surface area contributed by atoms with E-state index in [1.165, 1.54) is 10.9 Å². The third-order valence-electron chi connectivity index (χ3n) is 2.70. The lowest BCUT2D eigenvalue weighted by Gasteiger charge is -2.13. The highest BCUT2D eigenvalue weighted by atomic mass is 16.4. The van der Waals surface area contributed by atoms with Crippen LogP contribution in [0.3, 0.4) is 0 Å². The highest BCUT2D eigenvalue weighted by molar-refractivity contribution is 5.78. The van der Waals surface area contributed by atoms with Crippen molar-refractivity contribution >= 4 is 16.9 Å². The minimum atomic E-state index is -1.02. The summed E-state index contributed by atoms with van der Waals surface area (Å²) >= 11 is 0. The van der Waals surface area contributed by atoms with Crippen LogP contribution < -0.4 is 5.56 Å². The van der Waals surface area contributed by atoms with Gasteiger partial charge in [-0.15, -0.1) is 0 Å². The fourth-order valence-electron chi connectivity index (χ4n) is 1.80. The number of fused-ring (bicyclic) bond motifs is 1. The number of aromatic nitrogens is 2. The minimum absolute atomic E-state index is 0.315. The van der Waals surface area contributed by atoms with E-state index in [1.807, 2.05) is 0 Å². The summed E-state index contributed by atoms with van der Waals surface area (Å²) in [6.07, 6.45) is 1.64. The van der Waals surface area contributed by atoms with E-state index in [0.29, 0.717) is 17.3 Å². The number of hydrogen-bond donors (Lipinski definition) is 1. The van der Waals surface area contributed by atoms with Gasteiger partial charge in [0.05, 0.1) is 17.2 Å². The van der Waals surface area contributed by atoms with Crippen LogP contribution in [-0.2, 0) is 4.79 Å². The minimum Gasteiger partial charge on any atom is -0.480 e. The van der Waals surface area contributed by atoms with Crippen molar-refractivity contribution in [3.8, 4) is 0 Å². The Labute approximate surface area is 97.3 Å². The molecule has 0 bridgehead atoms. The molecule has 1 aromatic heterocycles. The average Bonchev–Trinajstić information content (AvgIpc) is 2.33. The molecule has 0 fully saturated rings. The second kappa shape index (κ2) is 4.37. The molecule has 0 aliphatic carbocycles. The first-order chi connectivity index (χ1) is 8.15. The number of carboxylic acid groups (broad SMARTS) is 1. The molecule has 0 unspecified atom stereocenters. The van der Waals surface area contributed by atoms with Gasteiger partial charge in [0.25, 0.3) is 5.56 Å². The van der Waals surface area contributed by atoms with Crippen molar-refractivity contribution in [3.05, 3.63) is 40.9 Å². The molecule has 0 saturated carbocycles.